The summed E-state index contributed by atoms with van der Waals surface area (Å²) in [7, 11) is 0. The van der Waals surface area contributed by atoms with E-state index in [-0.39, 0.29) is 0 Å². The summed E-state index contributed by atoms with van der Waals surface area (Å²) in [6.07, 6.45) is -1.27. The van der Waals surface area contributed by atoms with Crippen LogP contribution in [0.2, 0.25) is 0 Å². The summed E-state index contributed by atoms with van der Waals surface area (Å²) >= 11 is 3.14. The van der Waals surface area contributed by atoms with Crippen molar-refractivity contribution in [1.29, 1.82) is 0 Å². The molecule has 3 nitrogen and oxygen atoms in total. The van der Waals surface area contributed by atoms with E-state index in [0.29, 0.717) is 15.7 Å². The monoisotopic (exact) mass is 323 g/mol. The molecule has 2 aromatic carbocycles. The number of hydrogen-bond donors (Lipinski definition) is 2. The van der Waals surface area contributed by atoms with Crippen LogP contribution in [0.15, 0.2) is 53.0 Å². The van der Waals surface area contributed by atoms with Crippen molar-refractivity contribution in [2.45, 2.75) is 6.10 Å². The molecule has 0 bridgehead atoms. The molecule has 1 unspecified atom stereocenters. The van der Waals surface area contributed by atoms with Gasteiger partial charge in [0.1, 0.15) is 5.82 Å². The van der Waals surface area contributed by atoms with Crippen LogP contribution < -0.4 is 5.32 Å². The van der Waals surface area contributed by atoms with Crippen LogP contribution in [-0.4, -0.2) is 11.0 Å². The number of hydrogen-bond acceptors (Lipinski definition) is 2. The van der Waals surface area contributed by atoms with Crippen LogP contribution in [0.25, 0.3) is 0 Å². The molecule has 0 aliphatic rings. The number of carbonyl (C=O) groups is 1. The van der Waals surface area contributed by atoms with Gasteiger partial charge in [-0.25, -0.2) is 4.39 Å². The van der Waals surface area contributed by atoms with Crippen LogP contribution in [0.5, 0.6) is 0 Å². The molecule has 0 radical (unpaired) electrons. The van der Waals surface area contributed by atoms with Crippen molar-refractivity contribution in [2.24, 2.45) is 0 Å². The molecule has 5 heteroatoms. The Morgan fingerprint density at radius 3 is 2.53 bits per heavy atom. The van der Waals surface area contributed by atoms with Crippen LogP contribution in [0.4, 0.5) is 10.1 Å². The lowest BCUT2D eigenvalue weighted by Gasteiger charge is -2.12. The molecule has 2 rings (SSSR count). The first-order chi connectivity index (χ1) is 9.08. The average Bonchev–Trinajstić information content (AvgIpc) is 2.42. The van der Waals surface area contributed by atoms with E-state index in [0.717, 1.165) is 0 Å². The van der Waals surface area contributed by atoms with Gasteiger partial charge in [0.25, 0.3) is 5.91 Å². The minimum Gasteiger partial charge on any atom is -0.378 e. The molecule has 2 aromatic rings. The second-order valence-corrected chi connectivity index (χ2v) is 4.78. The Labute approximate surface area is 118 Å². The van der Waals surface area contributed by atoms with Crippen molar-refractivity contribution in [3.63, 3.8) is 0 Å². The third-order valence-electron chi connectivity index (χ3n) is 2.55. The molecule has 1 atom stereocenters. The van der Waals surface area contributed by atoms with Gasteiger partial charge in [0, 0.05) is 4.47 Å². The maximum atomic E-state index is 12.9. The lowest BCUT2D eigenvalue weighted by molar-refractivity contribution is -0.124. The van der Waals surface area contributed by atoms with Crippen molar-refractivity contribution in [2.75, 3.05) is 5.32 Å². The molecule has 19 heavy (non-hydrogen) atoms. The van der Waals surface area contributed by atoms with E-state index in [1.54, 1.807) is 30.3 Å². The van der Waals surface area contributed by atoms with Gasteiger partial charge in [-0.2, -0.15) is 0 Å². The Morgan fingerprint density at radius 1 is 1.21 bits per heavy atom. The number of amides is 1. The van der Waals surface area contributed by atoms with Crippen molar-refractivity contribution < 1.29 is 14.3 Å². The summed E-state index contributed by atoms with van der Waals surface area (Å²) in [6, 6.07) is 12.5. The molecule has 0 aromatic heterocycles. The third-order valence-corrected chi connectivity index (χ3v) is 3.21. The highest BCUT2D eigenvalue weighted by Crippen LogP contribution is 2.24. The van der Waals surface area contributed by atoms with Crippen molar-refractivity contribution in [3.8, 4) is 0 Å². The fourth-order valence-corrected chi connectivity index (χ4v) is 2.03. The summed E-state index contributed by atoms with van der Waals surface area (Å²) in [5, 5.41) is 12.4. The molecule has 1 amide bonds. The first kappa shape index (κ1) is 13.7. The van der Waals surface area contributed by atoms with E-state index >= 15 is 0 Å². The van der Waals surface area contributed by atoms with Crippen molar-refractivity contribution in [3.05, 3.63) is 64.4 Å². The zero-order chi connectivity index (χ0) is 13.8. The molecule has 0 aliphatic carbocycles. The summed E-state index contributed by atoms with van der Waals surface area (Å²) in [5.41, 5.74) is 0.902. The zero-order valence-corrected chi connectivity index (χ0v) is 11.4. The summed E-state index contributed by atoms with van der Waals surface area (Å²) in [4.78, 5) is 11.9. The Hall–Kier alpha value is -1.72. The maximum absolute atomic E-state index is 12.9. The highest BCUT2D eigenvalue weighted by molar-refractivity contribution is 9.10. The Balaban J connectivity index is 2.13. The number of halogens is 2. The zero-order valence-electron chi connectivity index (χ0n) is 9.81. The summed E-state index contributed by atoms with van der Waals surface area (Å²) in [5.74, 6) is -0.980. The van der Waals surface area contributed by atoms with Gasteiger partial charge in [-0.15, -0.1) is 0 Å². The van der Waals surface area contributed by atoms with E-state index in [1.807, 2.05) is 0 Å². The second kappa shape index (κ2) is 5.95. The highest BCUT2D eigenvalue weighted by Gasteiger charge is 2.17. The van der Waals surface area contributed by atoms with Gasteiger partial charge in [-0.1, -0.05) is 30.3 Å². The average molecular weight is 324 g/mol. The lowest BCUT2D eigenvalue weighted by Crippen LogP contribution is -2.21. The van der Waals surface area contributed by atoms with Crippen LogP contribution in [0.1, 0.15) is 11.7 Å². The first-order valence-electron chi connectivity index (χ1n) is 5.57. The molecular weight excluding hydrogens is 313 g/mol. The van der Waals surface area contributed by atoms with Crippen LogP contribution in [0, 0.1) is 5.82 Å². The van der Waals surface area contributed by atoms with Crippen molar-refractivity contribution >= 4 is 27.5 Å². The number of benzene rings is 2. The Morgan fingerprint density at radius 2 is 1.89 bits per heavy atom. The predicted molar refractivity (Wildman–Crippen MR) is 74.1 cm³/mol. The number of anilines is 1. The largest absolute Gasteiger partial charge is 0.378 e. The fourth-order valence-electron chi connectivity index (χ4n) is 1.58. The van der Waals surface area contributed by atoms with E-state index in [2.05, 4.69) is 21.2 Å². The maximum Gasteiger partial charge on any atom is 0.257 e. The number of carbonyl (C=O) groups excluding carboxylic acids is 1. The van der Waals surface area contributed by atoms with Gasteiger partial charge < -0.3 is 10.4 Å². The van der Waals surface area contributed by atoms with Gasteiger partial charge >= 0.3 is 0 Å². The molecule has 0 fully saturated rings. The van der Waals surface area contributed by atoms with Gasteiger partial charge in [0.05, 0.1) is 5.69 Å². The van der Waals surface area contributed by atoms with Gasteiger partial charge in [-0.05, 0) is 39.7 Å². The van der Waals surface area contributed by atoms with Gasteiger partial charge in [-0.3, -0.25) is 4.79 Å². The van der Waals surface area contributed by atoms with E-state index in [9.17, 15) is 14.3 Å². The topological polar surface area (TPSA) is 49.3 Å². The SMILES string of the molecule is O=C(Nc1ccc(F)cc1Br)C(O)c1ccccc1. The van der Waals surface area contributed by atoms with Crippen LogP contribution in [0.3, 0.4) is 0 Å². The molecule has 0 aliphatic heterocycles. The van der Waals surface area contributed by atoms with Crippen LogP contribution in [-0.2, 0) is 4.79 Å². The third kappa shape index (κ3) is 3.39. The number of aliphatic hydroxyl groups is 1. The molecule has 0 spiro atoms. The molecule has 0 heterocycles. The quantitative estimate of drug-likeness (QED) is 0.910. The lowest BCUT2D eigenvalue weighted by atomic mass is 10.1. The fraction of sp³-hybridized carbons (Fsp3) is 0.0714. The Kier molecular flexibility index (Phi) is 4.29. The number of rotatable bonds is 3. The van der Waals surface area contributed by atoms with E-state index < -0.39 is 17.8 Å². The van der Waals surface area contributed by atoms with Crippen molar-refractivity contribution in [1.82, 2.24) is 0 Å². The van der Waals surface area contributed by atoms with Gasteiger partial charge in [0.2, 0.25) is 0 Å². The second-order valence-electron chi connectivity index (χ2n) is 3.93. The molecule has 2 N–H and O–H groups in total. The molecule has 98 valence electrons. The predicted octanol–water partition coefficient (Wildman–Crippen LogP) is 3.26. The first-order valence-corrected chi connectivity index (χ1v) is 6.36. The normalized spacial score (nSPS) is 11.9. The molecular formula is C14H11BrFNO2. The molecule has 0 saturated carbocycles. The minimum absolute atomic E-state index is 0.404. The van der Waals surface area contributed by atoms with Gasteiger partial charge in [0.15, 0.2) is 6.10 Å². The van der Waals surface area contributed by atoms with E-state index in [4.69, 9.17) is 0 Å². The number of nitrogens with one attached hydrogen (secondary N) is 1. The number of aliphatic hydroxyl groups excluding tert-OH is 1. The standard InChI is InChI=1S/C14H11BrFNO2/c15-11-8-10(16)6-7-12(11)17-14(19)13(18)9-4-2-1-3-5-9/h1-8,13,18H,(H,17,19). The van der Waals surface area contributed by atoms with E-state index in [1.165, 1.54) is 18.2 Å². The Bertz CT molecular complexity index is 589. The summed E-state index contributed by atoms with van der Waals surface area (Å²) in [6.45, 7) is 0. The summed E-state index contributed by atoms with van der Waals surface area (Å²) < 4.78 is 13.3. The minimum atomic E-state index is -1.27. The smallest absolute Gasteiger partial charge is 0.257 e. The molecule has 0 saturated heterocycles. The van der Waals surface area contributed by atoms with Crippen LogP contribution >= 0.6 is 15.9 Å². The highest BCUT2D eigenvalue weighted by atomic mass is 79.9.